The summed E-state index contributed by atoms with van der Waals surface area (Å²) in [7, 11) is -1.91. The van der Waals surface area contributed by atoms with Crippen LogP contribution in [0.5, 0.6) is 0 Å². The molecule has 1 aromatic heterocycles. The maximum absolute atomic E-state index is 12.1. The van der Waals surface area contributed by atoms with Crippen molar-refractivity contribution >= 4 is 10.0 Å². The number of nitrogens with one attached hydrogen (secondary N) is 2. The molecule has 7 heteroatoms. The van der Waals surface area contributed by atoms with Gasteiger partial charge in [-0.25, -0.2) is 13.1 Å². The lowest BCUT2D eigenvalue weighted by Gasteiger charge is -2.09. The number of hydrogen-bond donors (Lipinski definition) is 2. The first-order valence-corrected chi connectivity index (χ1v) is 8.22. The summed E-state index contributed by atoms with van der Waals surface area (Å²) in [5, 5.41) is 3.08. The average molecular weight is 302 g/mol. The third kappa shape index (κ3) is 4.31. The number of hydrogen-bond acceptors (Lipinski definition) is 5. The highest BCUT2D eigenvalue weighted by Gasteiger charge is 2.38. The second-order valence-corrected chi connectivity index (χ2v) is 7.22. The first-order valence-electron chi connectivity index (χ1n) is 6.73. The summed E-state index contributed by atoms with van der Waals surface area (Å²) in [4.78, 5) is 0. The third-order valence-corrected chi connectivity index (χ3v) is 4.75. The zero-order chi connectivity index (χ0) is 14.6. The number of furan rings is 1. The van der Waals surface area contributed by atoms with E-state index in [4.69, 9.17) is 9.15 Å². The van der Waals surface area contributed by atoms with Gasteiger partial charge in [-0.3, -0.25) is 0 Å². The van der Waals surface area contributed by atoms with Crippen LogP contribution in [0.15, 0.2) is 21.6 Å². The molecule has 20 heavy (non-hydrogen) atoms. The molecular weight excluding hydrogens is 280 g/mol. The lowest BCUT2D eigenvalue weighted by molar-refractivity contribution is 0.198. The largest absolute Gasteiger partial charge is 0.447 e. The predicted octanol–water partition coefficient (Wildman–Crippen LogP) is 1.09. The van der Waals surface area contributed by atoms with Crippen LogP contribution < -0.4 is 10.0 Å². The van der Waals surface area contributed by atoms with Gasteiger partial charge in [0.2, 0.25) is 5.09 Å². The molecule has 0 unspecified atom stereocenters. The molecule has 0 bridgehead atoms. The molecule has 1 aliphatic carbocycles. The third-order valence-electron chi connectivity index (χ3n) is 3.48. The van der Waals surface area contributed by atoms with Gasteiger partial charge in [0.05, 0.1) is 13.2 Å². The van der Waals surface area contributed by atoms with Crippen molar-refractivity contribution in [2.75, 3.05) is 26.8 Å². The van der Waals surface area contributed by atoms with E-state index in [-0.39, 0.29) is 10.5 Å². The summed E-state index contributed by atoms with van der Waals surface area (Å²) in [5.74, 6) is 0.596. The average Bonchev–Trinajstić information content (AvgIpc) is 2.96. The molecule has 1 saturated carbocycles. The van der Waals surface area contributed by atoms with Crippen molar-refractivity contribution < 1.29 is 17.6 Å². The maximum atomic E-state index is 12.1. The van der Waals surface area contributed by atoms with Crippen LogP contribution in [0.1, 0.15) is 25.5 Å². The smallest absolute Gasteiger partial charge is 0.273 e. The van der Waals surface area contributed by atoms with Crippen LogP contribution >= 0.6 is 0 Å². The van der Waals surface area contributed by atoms with Gasteiger partial charge in [-0.15, -0.1) is 0 Å². The van der Waals surface area contributed by atoms with Crippen LogP contribution in [0.3, 0.4) is 0 Å². The van der Waals surface area contributed by atoms with Gasteiger partial charge in [0, 0.05) is 20.2 Å². The summed E-state index contributed by atoms with van der Waals surface area (Å²) in [6, 6.07) is 3.16. The molecule has 0 aromatic carbocycles. The number of sulfonamides is 1. The predicted molar refractivity (Wildman–Crippen MR) is 74.8 cm³/mol. The molecule has 2 rings (SSSR count). The molecule has 1 aromatic rings. The first-order chi connectivity index (χ1) is 9.45. The Bertz CT molecular complexity index is 534. The van der Waals surface area contributed by atoms with Gasteiger partial charge >= 0.3 is 0 Å². The molecule has 1 fully saturated rings. The molecule has 1 heterocycles. The normalized spacial score (nSPS) is 17.3. The Morgan fingerprint density at radius 1 is 1.40 bits per heavy atom. The number of rotatable bonds is 9. The first kappa shape index (κ1) is 15.5. The molecule has 6 nitrogen and oxygen atoms in total. The summed E-state index contributed by atoms with van der Waals surface area (Å²) in [5.41, 5.74) is 0.129. The lowest BCUT2D eigenvalue weighted by atomic mass is 10.2. The molecule has 0 radical (unpaired) electrons. The van der Waals surface area contributed by atoms with Gasteiger partial charge in [-0.2, -0.15) is 0 Å². The van der Waals surface area contributed by atoms with E-state index in [2.05, 4.69) is 17.0 Å². The molecule has 0 aliphatic heterocycles. The Morgan fingerprint density at radius 3 is 2.80 bits per heavy atom. The Morgan fingerprint density at radius 2 is 2.15 bits per heavy atom. The molecule has 0 spiro atoms. The molecule has 0 saturated heterocycles. The zero-order valence-corrected chi connectivity index (χ0v) is 12.8. The highest BCUT2D eigenvalue weighted by Crippen LogP contribution is 2.44. The molecular formula is C13H22N2O4S. The van der Waals surface area contributed by atoms with Gasteiger partial charge in [-0.05, 0) is 30.4 Å². The van der Waals surface area contributed by atoms with E-state index < -0.39 is 10.0 Å². The van der Waals surface area contributed by atoms with E-state index in [1.165, 1.54) is 6.07 Å². The van der Waals surface area contributed by atoms with Gasteiger partial charge in [0.15, 0.2) is 0 Å². The maximum Gasteiger partial charge on any atom is 0.273 e. The summed E-state index contributed by atoms with van der Waals surface area (Å²) in [6.45, 7) is 4.32. The molecule has 0 amide bonds. The summed E-state index contributed by atoms with van der Waals surface area (Å²) < 4.78 is 37.0. The van der Waals surface area contributed by atoms with E-state index in [9.17, 15) is 8.42 Å². The fourth-order valence-corrected chi connectivity index (χ4v) is 2.86. The van der Waals surface area contributed by atoms with Crippen LogP contribution in [0, 0.1) is 5.41 Å². The molecule has 2 N–H and O–H groups in total. The Kier molecular flexibility index (Phi) is 4.85. The highest BCUT2D eigenvalue weighted by molar-refractivity contribution is 7.89. The van der Waals surface area contributed by atoms with Crippen molar-refractivity contribution in [2.45, 2.75) is 31.4 Å². The van der Waals surface area contributed by atoms with Gasteiger partial charge < -0.3 is 14.5 Å². The Balaban J connectivity index is 1.86. The Labute approximate surface area is 119 Å². The van der Waals surface area contributed by atoms with Crippen molar-refractivity contribution in [3.63, 3.8) is 0 Å². The van der Waals surface area contributed by atoms with Gasteiger partial charge in [0.25, 0.3) is 10.0 Å². The van der Waals surface area contributed by atoms with E-state index in [0.717, 1.165) is 12.8 Å². The van der Waals surface area contributed by atoms with Crippen molar-refractivity contribution in [1.29, 1.82) is 0 Å². The van der Waals surface area contributed by atoms with Crippen LogP contribution in [-0.2, 0) is 21.3 Å². The zero-order valence-electron chi connectivity index (χ0n) is 11.9. The van der Waals surface area contributed by atoms with E-state index in [1.54, 1.807) is 13.2 Å². The minimum Gasteiger partial charge on any atom is -0.447 e. The SMILES string of the molecule is COCCNCc1ccc(S(=O)(=O)NCC2(C)CC2)o1. The Hall–Kier alpha value is -0.890. The van der Waals surface area contributed by atoms with E-state index in [1.807, 2.05) is 0 Å². The quantitative estimate of drug-likeness (QED) is 0.668. The van der Waals surface area contributed by atoms with E-state index >= 15 is 0 Å². The van der Waals surface area contributed by atoms with Crippen molar-refractivity contribution in [3.05, 3.63) is 17.9 Å². The monoisotopic (exact) mass is 302 g/mol. The fraction of sp³-hybridized carbons (Fsp3) is 0.692. The second-order valence-electron chi connectivity index (χ2n) is 5.53. The summed E-state index contributed by atoms with van der Waals surface area (Å²) in [6.07, 6.45) is 2.14. The highest BCUT2D eigenvalue weighted by atomic mass is 32.2. The van der Waals surface area contributed by atoms with Crippen LogP contribution in [0.4, 0.5) is 0 Å². The van der Waals surface area contributed by atoms with Crippen molar-refractivity contribution in [2.24, 2.45) is 5.41 Å². The topological polar surface area (TPSA) is 80.6 Å². The van der Waals surface area contributed by atoms with Crippen molar-refractivity contribution in [1.82, 2.24) is 10.0 Å². The number of ether oxygens (including phenoxy) is 1. The van der Waals surface area contributed by atoms with Gasteiger partial charge in [-0.1, -0.05) is 6.92 Å². The van der Waals surface area contributed by atoms with Crippen molar-refractivity contribution in [3.8, 4) is 0 Å². The van der Waals surface area contributed by atoms with E-state index in [0.29, 0.717) is 32.0 Å². The second kappa shape index (κ2) is 6.26. The van der Waals surface area contributed by atoms with Crippen LogP contribution in [0.25, 0.3) is 0 Å². The minimum atomic E-state index is -3.54. The molecule has 1 aliphatic rings. The van der Waals surface area contributed by atoms with Crippen LogP contribution in [0.2, 0.25) is 0 Å². The summed E-state index contributed by atoms with van der Waals surface area (Å²) >= 11 is 0. The molecule has 114 valence electrons. The number of methoxy groups -OCH3 is 1. The van der Waals surface area contributed by atoms with Gasteiger partial charge in [0.1, 0.15) is 5.76 Å². The lowest BCUT2D eigenvalue weighted by Crippen LogP contribution is -2.28. The minimum absolute atomic E-state index is 0.0229. The van der Waals surface area contributed by atoms with Crippen LogP contribution in [-0.4, -0.2) is 35.2 Å². The standard InChI is InChI=1S/C13H22N2O4S/c1-13(5-6-13)10-15-20(16,17)12-4-3-11(19-12)9-14-7-8-18-2/h3-4,14-15H,5-10H2,1-2H3. The fourth-order valence-electron chi connectivity index (χ4n) is 1.71. The molecule has 0 atom stereocenters.